The standard InChI is InChI=1S/C16H18IN3O8/c17-9-3-1-8(2-4-9)13(23)19-11(15(26)27)7-18-16(28)20-10(14(24)25)5-6-12(21)22/h1-4,10-11H,5-7H2,(H,19,23)(H,21,22)(H,24,25)(H,26,27)(H2,18,20,28)/t10-,11-/m0/s1. The molecule has 3 amide bonds. The molecule has 1 aromatic carbocycles. The molecule has 0 aliphatic heterocycles. The van der Waals surface area contributed by atoms with Crippen molar-refractivity contribution in [3.63, 3.8) is 0 Å². The van der Waals surface area contributed by atoms with Crippen LogP contribution in [0, 0.1) is 3.57 Å². The highest BCUT2D eigenvalue weighted by atomic mass is 127. The molecule has 152 valence electrons. The van der Waals surface area contributed by atoms with E-state index in [1.807, 2.05) is 27.9 Å². The molecule has 6 N–H and O–H groups in total. The molecule has 1 rings (SSSR count). The lowest BCUT2D eigenvalue weighted by atomic mass is 10.1. The lowest BCUT2D eigenvalue weighted by molar-refractivity contribution is -0.141. The Morgan fingerprint density at radius 3 is 1.96 bits per heavy atom. The van der Waals surface area contributed by atoms with Crippen LogP contribution in [0.4, 0.5) is 4.79 Å². The Morgan fingerprint density at radius 2 is 1.46 bits per heavy atom. The summed E-state index contributed by atoms with van der Waals surface area (Å²) in [5, 5.41) is 33.2. The van der Waals surface area contributed by atoms with E-state index in [0.29, 0.717) is 0 Å². The first-order chi connectivity index (χ1) is 13.1. The first-order valence-corrected chi connectivity index (χ1v) is 8.96. The van der Waals surface area contributed by atoms with E-state index in [-0.39, 0.29) is 12.0 Å². The largest absolute Gasteiger partial charge is 0.481 e. The molecule has 0 saturated carbocycles. The molecule has 0 spiro atoms. The molecule has 1 aromatic rings. The molecule has 0 aromatic heterocycles. The fourth-order valence-electron chi connectivity index (χ4n) is 1.97. The zero-order valence-corrected chi connectivity index (χ0v) is 16.5. The van der Waals surface area contributed by atoms with Crippen molar-refractivity contribution in [2.45, 2.75) is 24.9 Å². The Balaban J connectivity index is 2.61. The van der Waals surface area contributed by atoms with Gasteiger partial charge in [0.2, 0.25) is 0 Å². The summed E-state index contributed by atoms with van der Waals surface area (Å²) in [4.78, 5) is 56.7. The van der Waals surface area contributed by atoms with Crippen LogP contribution in [0.2, 0.25) is 0 Å². The quantitative estimate of drug-likeness (QED) is 0.241. The summed E-state index contributed by atoms with van der Waals surface area (Å²) in [5.41, 5.74) is 0.232. The number of halogens is 1. The second-order valence-corrected chi connectivity index (χ2v) is 6.79. The van der Waals surface area contributed by atoms with Crippen molar-refractivity contribution in [3.8, 4) is 0 Å². The minimum absolute atomic E-state index is 0.232. The Kier molecular flexibility index (Phi) is 9.14. The van der Waals surface area contributed by atoms with E-state index in [1.165, 1.54) is 12.1 Å². The lowest BCUT2D eigenvalue weighted by Gasteiger charge is -2.18. The average molecular weight is 507 g/mol. The first-order valence-electron chi connectivity index (χ1n) is 7.88. The molecule has 0 saturated heterocycles. The highest BCUT2D eigenvalue weighted by molar-refractivity contribution is 14.1. The number of carboxylic acids is 3. The van der Waals surface area contributed by atoms with Gasteiger partial charge in [0.05, 0.1) is 6.54 Å². The van der Waals surface area contributed by atoms with E-state index in [4.69, 9.17) is 10.2 Å². The molecule has 0 fully saturated rings. The summed E-state index contributed by atoms with van der Waals surface area (Å²) >= 11 is 2.05. The maximum Gasteiger partial charge on any atom is 0.328 e. The van der Waals surface area contributed by atoms with Crippen molar-refractivity contribution < 1.29 is 39.3 Å². The first kappa shape index (κ1) is 23.1. The molecule has 12 heteroatoms. The Labute approximate surface area is 172 Å². The monoisotopic (exact) mass is 507 g/mol. The molecule has 0 heterocycles. The number of hydrogen-bond donors (Lipinski definition) is 6. The van der Waals surface area contributed by atoms with Crippen LogP contribution in [-0.2, 0) is 14.4 Å². The van der Waals surface area contributed by atoms with E-state index < -0.39 is 54.9 Å². The third-order valence-electron chi connectivity index (χ3n) is 3.43. The summed E-state index contributed by atoms with van der Waals surface area (Å²) in [5.74, 6) is -4.72. The zero-order valence-electron chi connectivity index (χ0n) is 14.3. The van der Waals surface area contributed by atoms with Crippen LogP contribution in [0.15, 0.2) is 24.3 Å². The van der Waals surface area contributed by atoms with Gasteiger partial charge in [-0.3, -0.25) is 9.59 Å². The van der Waals surface area contributed by atoms with Crippen LogP contribution in [0.1, 0.15) is 23.2 Å². The van der Waals surface area contributed by atoms with Crippen LogP contribution in [0.3, 0.4) is 0 Å². The van der Waals surface area contributed by atoms with Crippen molar-refractivity contribution in [3.05, 3.63) is 33.4 Å². The van der Waals surface area contributed by atoms with Crippen LogP contribution < -0.4 is 16.0 Å². The maximum atomic E-state index is 12.1. The van der Waals surface area contributed by atoms with Gasteiger partial charge >= 0.3 is 23.9 Å². The topological polar surface area (TPSA) is 182 Å². The van der Waals surface area contributed by atoms with E-state index in [1.54, 1.807) is 12.1 Å². The van der Waals surface area contributed by atoms with Gasteiger partial charge in [-0.25, -0.2) is 14.4 Å². The molecular weight excluding hydrogens is 489 g/mol. The van der Waals surface area contributed by atoms with Crippen molar-refractivity contribution >= 4 is 52.4 Å². The third kappa shape index (κ3) is 8.20. The molecule has 0 radical (unpaired) electrons. The Hall–Kier alpha value is -2.90. The number of hydrogen-bond acceptors (Lipinski definition) is 5. The number of aliphatic carboxylic acids is 3. The maximum absolute atomic E-state index is 12.1. The molecule has 0 unspecified atom stereocenters. The zero-order chi connectivity index (χ0) is 21.3. The highest BCUT2D eigenvalue weighted by Crippen LogP contribution is 2.07. The lowest BCUT2D eigenvalue weighted by Crippen LogP contribution is -2.52. The summed E-state index contributed by atoms with van der Waals surface area (Å²) in [6.45, 7) is -0.511. The second kappa shape index (κ2) is 11.1. The van der Waals surface area contributed by atoms with Gasteiger partial charge in [-0.2, -0.15) is 0 Å². The minimum atomic E-state index is -1.46. The van der Waals surface area contributed by atoms with Gasteiger partial charge in [0, 0.05) is 15.6 Å². The van der Waals surface area contributed by atoms with Gasteiger partial charge in [0.15, 0.2) is 0 Å². The normalized spacial score (nSPS) is 12.3. The predicted molar refractivity (Wildman–Crippen MR) is 103 cm³/mol. The van der Waals surface area contributed by atoms with Crippen molar-refractivity contribution in [1.29, 1.82) is 0 Å². The van der Waals surface area contributed by atoms with Gasteiger partial charge in [0.1, 0.15) is 12.1 Å². The second-order valence-electron chi connectivity index (χ2n) is 5.55. The predicted octanol–water partition coefficient (Wildman–Crippen LogP) is 0.0914. The summed E-state index contributed by atoms with van der Waals surface area (Å²) < 4.78 is 0.887. The molecule has 2 atom stereocenters. The molecule has 0 bridgehead atoms. The molecule has 11 nitrogen and oxygen atoms in total. The minimum Gasteiger partial charge on any atom is -0.481 e. The third-order valence-corrected chi connectivity index (χ3v) is 4.15. The van der Waals surface area contributed by atoms with Gasteiger partial charge in [-0.05, 0) is 53.3 Å². The van der Waals surface area contributed by atoms with Crippen LogP contribution in [0.5, 0.6) is 0 Å². The van der Waals surface area contributed by atoms with E-state index in [0.717, 1.165) is 3.57 Å². The number of carbonyl (C=O) groups is 5. The fraction of sp³-hybridized carbons (Fsp3) is 0.312. The number of carbonyl (C=O) groups excluding carboxylic acids is 2. The van der Waals surface area contributed by atoms with E-state index in [9.17, 15) is 29.1 Å². The van der Waals surface area contributed by atoms with Crippen molar-refractivity contribution in [2.75, 3.05) is 6.54 Å². The van der Waals surface area contributed by atoms with Crippen molar-refractivity contribution in [2.24, 2.45) is 0 Å². The van der Waals surface area contributed by atoms with Gasteiger partial charge in [-0.15, -0.1) is 0 Å². The highest BCUT2D eigenvalue weighted by Gasteiger charge is 2.24. The molecular formula is C16H18IN3O8. The van der Waals surface area contributed by atoms with Gasteiger partial charge in [0.25, 0.3) is 5.91 Å². The molecule has 28 heavy (non-hydrogen) atoms. The number of rotatable bonds is 10. The van der Waals surface area contributed by atoms with Crippen LogP contribution in [-0.4, -0.2) is 63.8 Å². The number of benzene rings is 1. The van der Waals surface area contributed by atoms with Gasteiger partial charge in [-0.1, -0.05) is 0 Å². The summed E-state index contributed by atoms with van der Waals surface area (Å²) in [6, 6.07) is 2.43. The Bertz CT molecular complexity index is 753. The number of urea groups is 1. The van der Waals surface area contributed by atoms with Crippen molar-refractivity contribution in [1.82, 2.24) is 16.0 Å². The number of carboxylic acid groups (broad SMARTS) is 3. The number of nitrogens with one attached hydrogen (secondary N) is 3. The SMILES string of the molecule is O=C(O)CC[C@H](NC(=O)NC[C@H](NC(=O)c1ccc(I)cc1)C(=O)O)C(=O)O. The number of amides is 3. The van der Waals surface area contributed by atoms with Crippen LogP contribution >= 0.6 is 22.6 Å². The van der Waals surface area contributed by atoms with Gasteiger partial charge < -0.3 is 31.3 Å². The average Bonchev–Trinajstić information content (AvgIpc) is 2.61. The summed E-state index contributed by atoms with van der Waals surface area (Å²) in [6.07, 6.45) is -0.814. The Morgan fingerprint density at radius 1 is 0.893 bits per heavy atom. The fourth-order valence-corrected chi connectivity index (χ4v) is 2.33. The van der Waals surface area contributed by atoms with Crippen LogP contribution in [0.25, 0.3) is 0 Å². The van der Waals surface area contributed by atoms with E-state index >= 15 is 0 Å². The smallest absolute Gasteiger partial charge is 0.328 e. The molecule has 0 aliphatic rings. The molecule has 0 aliphatic carbocycles. The summed E-state index contributed by atoms with van der Waals surface area (Å²) in [7, 11) is 0. The van der Waals surface area contributed by atoms with E-state index in [2.05, 4.69) is 10.6 Å².